The molecule has 0 saturated carbocycles. The van der Waals surface area contributed by atoms with Crippen molar-refractivity contribution in [1.29, 1.82) is 0 Å². The molecule has 0 atom stereocenters. The number of aryl methyl sites for hydroxylation is 1. The Morgan fingerprint density at radius 2 is 2.03 bits per heavy atom. The summed E-state index contributed by atoms with van der Waals surface area (Å²) in [7, 11) is -3.63. The Morgan fingerprint density at radius 3 is 2.66 bits per heavy atom. The van der Waals surface area contributed by atoms with Crippen LogP contribution in [0.2, 0.25) is 5.02 Å². The number of halogens is 3. The van der Waals surface area contributed by atoms with Crippen LogP contribution in [0.25, 0.3) is 0 Å². The van der Waals surface area contributed by atoms with E-state index < -0.39 is 15.9 Å². The second-order valence-electron chi connectivity index (χ2n) is 6.31. The molecule has 0 spiro atoms. The predicted molar refractivity (Wildman–Crippen MR) is 122 cm³/mol. The van der Waals surface area contributed by atoms with Gasteiger partial charge in [-0.1, -0.05) is 33.6 Å². The van der Waals surface area contributed by atoms with Gasteiger partial charge >= 0.3 is 0 Å². The first-order valence-corrected chi connectivity index (χ1v) is 12.8. The number of hydrogen-bond donors (Lipinski definition) is 1. The number of nitrogens with one attached hydrogen (secondary N) is 1. The zero-order valence-electron chi connectivity index (χ0n) is 15.9. The van der Waals surface area contributed by atoms with Crippen LogP contribution in [0.3, 0.4) is 0 Å². The zero-order chi connectivity index (χ0) is 21.6. The lowest BCUT2D eigenvalue weighted by Gasteiger charge is -2.22. The Morgan fingerprint density at radius 1 is 1.31 bits per heavy atom. The van der Waals surface area contributed by atoms with Crippen LogP contribution in [0.1, 0.15) is 11.1 Å². The van der Waals surface area contributed by atoms with Crippen LogP contribution in [0.5, 0.6) is 0 Å². The molecule has 2 aromatic rings. The smallest absolute Gasteiger partial charge is 0.240 e. The largest absolute Gasteiger partial charge is 0.354 e. The SMILES string of the molecule is Cc1cc(N(CC(=O)NCCSCc2c(F)cccc2Cl)S(C)(=O)=O)ccc1Br. The lowest BCUT2D eigenvalue weighted by molar-refractivity contribution is -0.119. The van der Waals surface area contributed by atoms with Gasteiger partial charge in [0.1, 0.15) is 12.4 Å². The van der Waals surface area contributed by atoms with E-state index in [1.807, 2.05) is 6.92 Å². The molecule has 0 aliphatic heterocycles. The standard InChI is InChI=1S/C19H21BrClFN2O3S2/c1-13-10-14(6-7-16(13)20)24(29(2,26)27)11-19(25)23-8-9-28-12-15-17(21)4-3-5-18(15)22/h3-7,10H,8-9,11-12H2,1-2H3,(H,23,25). The monoisotopic (exact) mass is 522 g/mol. The van der Waals surface area contributed by atoms with Crippen LogP contribution in [0.15, 0.2) is 40.9 Å². The van der Waals surface area contributed by atoms with E-state index in [-0.39, 0.29) is 12.4 Å². The highest BCUT2D eigenvalue weighted by atomic mass is 79.9. The fourth-order valence-corrected chi connectivity index (χ4v) is 4.77. The first-order valence-electron chi connectivity index (χ1n) is 8.61. The van der Waals surface area contributed by atoms with E-state index in [1.165, 1.54) is 17.8 Å². The maximum atomic E-state index is 13.7. The lowest BCUT2D eigenvalue weighted by Crippen LogP contribution is -2.41. The molecule has 10 heteroatoms. The second-order valence-corrected chi connectivity index (χ2v) is 10.6. The average Bonchev–Trinajstić information content (AvgIpc) is 2.63. The summed E-state index contributed by atoms with van der Waals surface area (Å²) < 4.78 is 39.9. The number of benzene rings is 2. The number of hydrogen-bond acceptors (Lipinski definition) is 4. The van der Waals surface area contributed by atoms with Gasteiger partial charge < -0.3 is 5.32 Å². The van der Waals surface area contributed by atoms with E-state index in [0.717, 1.165) is 20.6 Å². The van der Waals surface area contributed by atoms with E-state index in [9.17, 15) is 17.6 Å². The molecule has 0 aliphatic carbocycles. The van der Waals surface area contributed by atoms with Gasteiger partial charge in [0.05, 0.1) is 11.9 Å². The molecular weight excluding hydrogens is 503 g/mol. The Bertz CT molecular complexity index is 969. The zero-order valence-corrected chi connectivity index (χ0v) is 19.9. The molecular formula is C19H21BrClFN2O3S2. The summed E-state index contributed by atoms with van der Waals surface area (Å²) >= 11 is 10.8. The van der Waals surface area contributed by atoms with Crippen molar-refractivity contribution in [3.05, 3.63) is 62.8 Å². The molecule has 0 saturated heterocycles. The summed E-state index contributed by atoms with van der Waals surface area (Å²) in [5.74, 6) is 0.143. The molecule has 0 aliphatic rings. The van der Waals surface area contributed by atoms with Gasteiger partial charge in [-0.15, -0.1) is 0 Å². The van der Waals surface area contributed by atoms with E-state index in [4.69, 9.17) is 11.6 Å². The van der Waals surface area contributed by atoms with Crippen LogP contribution in [0.4, 0.5) is 10.1 Å². The number of sulfonamides is 1. The lowest BCUT2D eigenvalue weighted by atomic mass is 10.2. The molecule has 2 aromatic carbocycles. The van der Waals surface area contributed by atoms with Crippen molar-refractivity contribution < 1.29 is 17.6 Å². The van der Waals surface area contributed by atoms with Crippen molar-refractivity contribution in [2.24, 2.45) is 0 Å². The maximum Gasteiger partial charge on any atom is 0.240 e. The quantitative estimate of drug-likeness (QED) is 0.496. The summed E-state index contributed by atoms with van der Waals surface area (Å²) in [4.78, 5) is 12.2. The van der Waals surface area contributed by atoms with Gasteiger partial charge in [-0.2, -0.15) is 11.8 Å². The van der Waals surface area contributed by atoms with Crippen molar-refractivity contribution in [3.63, 3.8) is 0 Å². The summed E-state index contributed by atoms with van der Waals surface area (Å²) in [5, 5.41) is 3.07. The third-order valence-electron chi connectivity index (χ3n) is 3.99. The summed E-state index contributed by atoms with van der Waals surface area (Å²) in [6.45, 7) is 1.85. The number of rotatable bonds is 9. The molecule has 1 N–H and O–H groups in total. The van der Waals surface area contributed by atoms with E-state index >= 15 is 0 Å². The first kappa shape index (κ1) is 24.0. The first-order chi connectivity index (χ1) is 13.6. The Hall–Kier alpha value is -1.29. The highest BCUT2D eigenvalue weighted by molar-refractivity contribution is 9.10. The predicted octanol–water partition coefficient (Wildman–Crippen LogP) is 4.37. The molecule has 0 heterocycles. The van der Waals surface area contributed by atoms with Gasteiger partial charge in [0, 0.05) is 33.1 Å². The fraction of sp³-hybridized carbons (Fsp3) is 0.316. The Balaban J connectivity index is 1.88. The van der Waals surface area contributed by atoms with Crippen molar-refractivity contribution in [2.45, 2.75) is 12.7 Å². The van der Waals surface area contributed by atoms with E-state index in [2.05, 4.69) is 21.2 Å². The topological polar surface area (TPSA) is 66.5 Å². The van der Waals surface area contributed by atoms with Crippen molar-refractivity contribution >= 4 is 60.9 Å². The highest BCUT2D eigenvalue weighted by Crippen LogP contribution is 2.25. The summed E-state index contributed by atoms with van der Waals surface area (Å²) in [5.41, 5.74) is 1.71. The molecule has 0 bridgehead atoms. The van der Waals surface area contributed by atoms with Gasteiger partial charge in [0.25, 0.3) is 0 Å². The molecule has 0 fully saturated rings. The second kappa shape index (κ2) is 10.7. The van der Waals surface area contributed by atoms with Crippen LogP contribution < -0.4 is 9.62 Å². The normalized spacial score (nSPS) is 11.3. The summed E-state index contributed by atoms with van der Waals surface area (Å²) in [6, 6.07) is 9.61. The number of carbonyl (C=O) groups excluding carboxylic acids is 1. The van der Waals surface area contributed by atoms with Crippen LogP contribution in [0, 0.1) is 12.7 Å². The van der Waals surface area contributed by atoms with Crippen LogP contribution in [-0.2, 0) is 20.6 Å². The molecule has 158 valence electrons. The van der Waals surface area contributed by atoms with Crippen LogP contribution >= 0.6 is 39.3 Å². The molecule has 0 aromatic heterocycles. The number of nitrogens with zero attached hydrogens (tertiary/aromatic N) is 1. The van der Waals surface area contributed by atoms with Gasteiger partial charge in [0.15, 0.2) is 0 Å². The number of carbonyl (C=O) groups is 1. The molecule has 0 unspecified atom stereocenters. The average molecular weight is 524 g/mol. The number of amides is 1. The highest BCUT2D eigenvalue weighted by Gasteiger charge is 2.21. The molecule has 5 nitrogen and oxygen atoms in total. The third-order valence-corrected chi connectivity index (χ3v) is 7.36. The van der Waals surface area contributed by atoms with Crippen molar-refractivity contribution in [3.8, 4) is 0 Å². The van der Waals surface area contributed by atoms with Gasteiger partial charge in [-0.3, -0.25) is 9.10 Å². The van der Waals surface area contributed by atoms with Crippen molar-refractivity contribution in [1.82, 2.24) is 5.32 Å². The molecule has 2 rings (SSSR count). The van der Waals surface area contributed by atoms with E-state index in [0.29, 0.717) is 34.3 Å². The van der Waals surface area contributed by atoms with Gasteiger partial charge in [0.2, 0.25) is 15.9 Å². The summed E-state index contributed by atoms with van der Waals surface area (Å²) in [6.07, 6.45) is 1.06. The molecule has 1 amide bonds. The molecule has 29 heavy (non-hydrogen) atoms. The minimum Gasteiger partial charge on any atom is -0.354 e. The fourth-order valence-electron chi connectivity index (χ4n) is 2.48. The third kappa shape index (κ3) is 7.16. The van der Waals surface area contributed by atoms with Crippen molar-refractivity contribution in [2.75, 3.05) is 29.4 Å². The Labute approximate surface area is 188 Å². The number of anilines is 1. The number of thioether (sulfide) groups is 1. The van der Waals surface area contributed by atoms with Gasteiger partial charge in [-0.25, -0.2) is 12.8 Å². The van der Waals surface area contributed by atoms with Crippen LogP contribution in [-0.4, -0.2) is 39.4 Å². The van der Waals surface area contributed by atoms with E-state index in [1.54, 1.807) is 30.3 Å². The molecule has 0 radical (unpaired) electrons. The Kier molecular flexibility index (Phi) is 8.81. The van der Waals surface area contributed by atoms with Gasteiger partial charge in [-0.05, 0) is 42.8 Å². The minimum atomic E-state index is -3.63. The minimum absolute atomic E-state index is 0.316. The maximum absolute atomic E-state index is 13.7.